The van der Waals surface area contributed by atoms with Crippen LogP contribution in [0.1, 0.15) is 49.4 Å². The zero-order valence-electron chi connectivity index (χ0n) is 23.9. The molecule has 0 spiro atoms. The molecule has 0 aliphatic rings. The Balaban J connectivity index is 2.06. The minimum atomic E-state index is -4.15. The van der Waals surface area contributed by atoms with Gasteiger partial charge < -0.3 is 10.2 Å². The van der Waals surface area contributed by atoms with Crippen molar-refractivity contribution >= 4 is 27.5 Å². The van der Waals surface area contributed by atoms with Crippen LogP contribution in [0.25, 0.3) is 0 Å². The lowest BCUT2D eigenvalue weighted by Gasteiger charge is -2.33. The van der Waals surface area contributed by atoms with Crippen molar-refractivity contribution in [2.45, 2.75) is 71.5 Å². The summed E-state index contributed by atoms with van der Waals surface area (Å²) in [6.45, 7) is 10.4. The van der Waals surface area contributed by atoms with Crippen molar-refractivity contribution in [3.8, 4) is 0 Å². The van der Waals surface area contributed by atoms with Gasteiger partial charge in [-0.2, -0.15) is 0 Å². The normalized spacial score (nSPS) is 12.9. The molecule has 3 aromatic rings. The van der Waals surface area contributed by atoms with E-state index < -0.39 is 34.3 Å². The van der Waals surface area contributed by atoms with E-state index in [0.29, 0.717) is 23.2 Å². The minimum Gasteiger partial charge on any atom is -0.352 e. The molecule has 0 bridgehead atoms. The van der Waals surface area contributed by atoms with Gasteiger partial charge in [0.25, 0.3) is 10.0 Å². The largest absolute Gasteiger partial charge is 0.352 e. The summed E-state index contributed by atoms with van der Waals surface area (Å²) in [6, 6.07) is 16.5. The molecule has 0 aliphatic carbocycles. The second-order valence-corrected chi connectivity index (χ2v) is 12.1. The highest BCUT2D eigenvalue weighted by atomic mass is 32.2. The van der Waals surface area contributed by atoms with Crippen LogP contribution in [0.15, 0.2) is 71.6 Å². The van der Waals surface area contributed by atoms with Gasteiger partial charge in [-0.25, -0.2) is 12.8 Å². The minimum absolute atomic E-state index is 0.000571. The Morgan fingerprint density at radius 1 is 0.900 bits per heavy atom. The topological polar surface area (TPSA) is 86.8 Å². The molecule has 0 aliphatic heterocycles. The molecule has 1 N–H and O–H groups in total. The summed E-state index contributed by atoms with van der Waals surface area (Å²) < 4.78 is 42.7. The van der Waals surface area contributed by atoms with Crippen molar-refractivity contribution in [2.24, 2.45) is 0 Å². The van der Waals surface area contributed by atoms with Gasteiger partial charge in [0.15, 0.2) is 0 Å². The van der Waals surface area contributed by atoms with Gasteiger partial charge in [-0.1, -0.05) is 48.9 Å². The highest BCUT2D eigenvalue weighted by molar-refractivity contribution is 7.92. The molecular weight excluding hydrogens is 529 g/mol. The lowest BCUT2D eigenvalue weighted by Crippen LogP contribution is -2.52. The van der Waals surface area contributed by atoms with E-state index in [1.807, 2.05) is 39.8 Å². The second-order valence-electron chi connectivity index (χ2n) is 10.3. The fourth-order valence-electron chi connectivity index (χ4n) is 4.17. The monoisotopic (exact) mass is 567 g/mol. The molecule has 2 amide bonds. The third-order valence-electron chi connectivity index (χ3n) is 6.96. The number of halogens is 1. The number of nitrogens with one attached hydrogen (secondary N) is 1. The molecule has 7 nitrogen and oxygen atoms in total. The highest BCUT2D eigenvalue weighted by Gasteiger charge is 2.33. The number of amides is 2. The van der Waals surface area contributed by atoms with E-state index in [9.17, 15) is 22.4 Å². The predicted molar refractivity (Wildman–Crippen MR) is 156 cm³/mol. The van der Waals surface area contributed by atoms with Gasteiger partial charge in [0.1, 0.15) is 18.4 Å². The molecule has 0 saturated heterocycles. The van der Waals surface area contributed by atoms with Crippen molar-refractivity contribution in [2.75, 3.05) is 10.8 Å². The molecule has 0 unspecified atom stereocenters. The molecule has 40 heavy (non-hydrogen) atoms. The summed E-state index contributed by atoms with van der Waals surface area (Å²) in [6.07, 6.45) is 0.708. The lowest BCUT2D eigenvalue weighted by atomic mass is 10.1. The van der Waals surface area contributed by atoms with E-state index in [1.165, 1.54) is 29.2 Å². The van der Waals surface area contributed by atoms with Crippen LogP contribution in [0.3, 0.4) is 0 Å². The van der Waals surface area contributed by atoms with Crippen molar-refractivity contribution in [3.05, 3.63) is 94.8 Å². The van der Waals surface area contributed by atoms with Crippen molar-refractivity contribution in [1.29, 1.82) is 0 Å². The van der Waals surface area contributed by atoms with Crippen LogP contribution in [-0.2, 0) is 26.2 Å². The fourth-order valence-corrected chi connectivity index (χ4v) is 5.64. The average Bonchev–Trinajstić information content (AvgIpc) is 2.92. The van der Waals surface area contributed by atoms with Crippen LogP contribution in [0.4, 0.5) is 10.1 Å². The number of nitrogens with zero attached hydrogens (tertiary/aromatic N) is 2. The maximum Gasteiger partial charge on any atom is 0.264 e. The summed E-state index contributed by atoms with van der Waals surface area (Å²) in [7, 11) is -4.15. The average molecular weight is 568 g/mol. The van der Waals surface area contributed by atoms with Crippen LogP contribution in [0.2, 0.25) is 0 Å². The first-order chi connectivity index (χ1) is 18.8. The van der Waals surface area contributed by atoms with Gasteiger partial charge in [-0.3, -0.25) is 13.9 Å². The molecule has 2 atom stereocenters. The van der Waals surface area contributed by atoms with E-state index in [2.05, 4.69) is 5.32 Å². The van der Waals surface area contributed by atoms with Crippen LogP contribution < -0.4 is 9.62 Å². The van der Waals surface area contributed by atoms with E-state index in [1.54, 1.807) is 44.2 Å². The third-order valence-corrected chi connectivity index (χ3v) is 8.73. The summed E-state index contributed by atoms with van der Waals surface area (Å²) in [5.74, 6) is -1.34. The molecule has 0 saturated carbocycles. The van der Waals surface area contributed by atoms with Gasteiger partial charge >= 0.3 is 0 Å². The van der Waals surface area contributed by atoms with E-state index >= 15 is 0 Å². The maximum absolute atomic E-state index is 14.0. The summed E-state index contributed by atoms with van der Waals surface area (Å²) >= 11 is 0. The smallest absolute Gasteiger partial charge is 0.264 e. The summed E-state index contributed by atoms with van der Waals surface area (Å²) in [4.78, 5) is 28.5. The zero-order chi connectivity index (χ0) is 29.6. The third kappa shape index (κ3) is 7.47. The quantitative estimate of drug-likeness (QED) is 0.342. The molecule has 3 aromatic carbocycles. The Hall–Kier alpha value is -3.72. The Kier molecular flexibility index (Phi) is 10.1. The first-order valence-corrected chi connectivity index (χ1v) is 14.8. The molecular formula is C31H38FN3O4S. The summed E-state index contributed by atoms with van der Waals surface area (Å²) in [5.41, 5.74) is 3.41. The Bertz CT molecular complexity index is 1440. The Morgan fingerprint density at radius 2 is 1.50 bits per heavy atom. The van der Waals surface area contributed by atoms with Crippen LogP contribution in [0.5, 0.6) is 0 Å². The van der Waals surface area contributed by atoms with Gasteiger partial charge in [0.2, 0.25) is 11.8 Å². The van der Waals surface area contributed by atoms with Crippen LogP contribution >= 0.6 is 0 Å². The lowest BCUT2D eigenvalue weighted by molar-refractivity contribution is -0.139. The van der Waals surface area contributed by atoms with Gasteiger partial charge in [-0.15, -0.1) is 0 Å². The molecule has 214 valence electrons. The van der Waals surface area contributed by atoms with Gasteiger partial charge in [-0.05, 0) is 88.1 Å². The first kappa shape index (κ1) is 30.8. The zero-order valence-corrected chi connectivity index (χ0v) is 24.8. The molecule has 0 fully saturated rings. The van der Waals surface area contributed by atoms with Crippen molar-refractivity contribution in [1.82, 2.24) is 10.2 Å². The van der Waals surface area contributed by atoms with E-state index in [0.717, 1.165) is 15.4 Å². The molecule has 9 heteroatoms. The number of anilines is 1. The number of aryl methyl sites for hydroxylation is 3. The van der Waals surface area contributed by atoms with Crippen molar-refractivity contribution in [3.63, 3.8) is 0 Å². The predicted octanol–water partition coefficient (Wildman–Crippen LogP) is 5.28. The number of rotatable bonds is 11. The molecule has 3 rings (SSSR count). The van der Waals surface area contributed by atoms with Gasteiger partial charge in [0.05, 0.1) is 10.6 Å². The van der Waals surface area contributed by atoms with Crippen LogP contribution in [0, 0.1) is 26.6 Å². The fraction of sp³-hybridized carbons (Fsp3) is 0.355. The molecule has 0 radical (unpaired) electrons. The Labute approximate surface area is 237 Å². The first-order valence-electron chi connectivity index (χ1n) is 13.3. The number of hydrogen-bond donors (Lipinski definition) is 1. The van der Waals surface area contributed by atoms with Gasteiger partial charge in [0, 0.05) is 12.6 Å². The second kappa shape index (κ2) is 13.1. The highest BCUT2D eigenvalue weighted by Crippen LogP contribution is 2.28. The number of benzene rings is 3. The van der Waals surface area contributed by atoms with Crippen molar-refractivity contribution < 1.29 is 22.4 Å². The Morgan fingerprint density at radius 3 is 2.10 bits per heavy atom. The number of hydrogen-bond acceptors (Lipinski definition) is 4. The van der Waals surface area contributed by atoms with E-state index in [-0.39, 0.29) is 23.4 Å². The SMILES string of the molecule is CC[C@H](C)NC(=O)[C@H](C)N(Cc1ccc(F)cc1)C(=O)CN(c1cc(C)ccc1C)S(=O)(=O)c1ccc(C)cc1. The standard InChI is InChI=1S/C31H38FN3O4S/c1-7-24(5)33-31(37)25(6)34(19-26-12-14-27(32)15-13-26)30(36)20-35(29-18-22(3)8-11-23(29)4)40(38,39)28-16-9-21(2)10-17-28/h8-18,24-25H,7,19-20H2,1-6H3,(H,33,37)/t24-,25-/m0/s1. The maximum atomic E-state index is 14.0. The number of carbonyl (C=O) groups excluding carboxylic acids is 2. The number of carbonyl (C=O) groups is 2. The van der Waals surface area contributed by atoms with Crippen LogP contribution in [-0.4, -0.2) is 43.8 Å². The summed E-state index contributed by atoms with van der Waals surface area (Å²) in [5, 5.41) is 2.90. The molecule has 0 aromatic heterocycles. The molecule has 0 heterocycles. The van der Waals surface area contributed by atoms with E-state index in [4.69, 9.17) is 0 Å². The number of sulfonamides is 1.